The lowest BCUT2D eigenvalue weighted by molar-refractivity contribution is -0.226. The van der Waals surface area contributed by atoms with Crippen molar-refractivity contribution in [1.82, 2.24) is 15.5 Å². The quantitative estimate of drug-likeness (QED) is 0.541. The normalized spacial score (nSPS) is 18.9. The maximum absolute atomic E-state index is 13.5. The minimum Gasteiger partial charge on any atom is -0.484 e. The van der Waals surface area contributed by atoms with Gasteiger partial charge in [0.2, 0.25) is 5.89 Å². The molecule has 1 saturated heterocycles. The molecule has 0 aliphatic carbocycles. The first-order valence-corrected chi connectivity index (χ1v) is 9.97. The Morgan fingerprint density at radius 2 is 2.06 bits per heavy atom. The first kappa shape index (κ1) is 23.8. The summed E-state index contributed by atoms with van der Waals surface area (Å²) in [6.45, 7) is 1.71. The summed E-state index contributed by atoms with van der Waals surface area (Å²) in [7, 11) is 0. The Kier molecular flexibility index (Phi) is 7.91. The molecule has 2 heterocycles. The van der Waals surface area contributed by atoms with Crippen LogP contribution in [0, 0.1) is 12.7 Å². The Morgan fingerprint density at radius 3 is 2.75 bits per heavy atom. The molecule has 9 nitrogen and oxygen atoms in total. The second kappa shape index (κ2) is 10.6. The maximum atomic E-state index is 13.5. The number of ether oxygens (including phenoxy) is 4. The monoisotopic (exact) mass is 459 g/mol. The number of aryl methyl sites for hydroxylation is 1. The van der Waals surface area contributed by atoms with E-state index in [0.29, 0.717) is 25.3 Å². The van der Waals surface area contributed by atoms with Crippen molar-refractivity contribution in [2.45, 2.75) is 44.9 Å². The Labute approximate surface area is 182 Å². The van der Waals surface area contributed by atoms with Gasteiger partial charge in [0.1, 0.15) is 24.3 Å². The van der Waals surface area contributed by atoms with E-state index in [-0.39, 0.29) is 56.1 Å². The molecule has 1 fully saturated rings. The molecule has 32 heavy (non-hydrogen) atoms. The average molecular weight is 459 g/mol. The first-order valence-electron chi connectivity index (χ1n) is 9.97. The topological polar surface area (TPSA) is 105 Å². The van der Waals surface area contributed by atoms with E-state index in [9.17, 15) is 18.0 Å². The van der Waals surface area contributed by atoms with Crippen LogP contribution in [0.25, 0.3) is 0 Å². The fraction of sp³-hybridized carbons (Fsp3) is 0.550. The molecule has 1 N–H and O–H groups in total. The summed E-state index contributed by atoms with van der Waals surface area (Å²) < 4.78 is 64.3. The molecule has 1 amide bonds. The summed E-state index contributed by atoms with van der Waals surface area (Å²) in [6, 6.07) is 4.16. The molecular formula is C20H24F3N3O6. The molecule has 12 heteroatoms. The number of rotatable bonds is 10. The van der Waals surface area contributed by atoms with E-state index in [0.717, 1.165) is 0 Å². The highest BCUT2D eigenvalue weighted by Crippen LogP contribution is 2.28. The van der Waals surface area contributed by atoms with Gasteiger partial charge in [-0.25, -0.2) is 4.39 Å². The predicted molar refractivity (Wildman–Crippen MR) is 103 cm³/mol. The summed E-state index contributed by atoms with van der Waals surface area (Å²) in [5.41, 5.74) is 0.491. The van der Waals surface area contributed by atoms with Crippen molar-refractivity contribution in [3.8, 4) is 11.8 Å². The van der Waals surface area contributed by atoms with Crippen LogP contribution in [0.3, 0.4) is 0 Å². The van der Waals surface area contributed by atoms with Crippen molar-refractivity contribution in [1.29, 1.82) is 0 Å². The van der Waals surface area contributed by atoms with Crippen molar-refractivity contribution < 1.29 is 41.3 Å². The Balaban J connectivity index is 1.36. The average Bonchev–Trinajstić information content (AvgIpc) is 3.21. The number of nitrogens with zero attached hydrogens (tertiary/aromatic N) is 2. The van der Waals surface area contributed by atoms with Gasteiger partial charge in [0, 0.05) is 13.0 Å². The molecule has 0 saturated carbocycles. The largest absolute Gasteiger partial charge is 0.484 e. The Hall–Kier alpha value is -2.86. The molecule has 1 aromatic carbocycles. The summed E-state index contributed by atoms with van der Waals surface area (Å²) in [5, 5.41) is 10.3. The molecule has 2 atom stereocenters. The number of hydrogen-bond acceptors (Lipinski definition) is 8. The van der Waals surface area contributed by atoms with E-state index in [2.05, 4.69) is 20.3 Å². The van der Waals surface area contributed by atoms with Crippen molar-refractivity contribution >= 4 is 5.91 Å². The summed E-state index contributed by atoms with van der Waals surface area (Å²) in [5.74, 6) is -0.296. The molecular weight excluding hydrogens is 435 g/mol. The van der Waals surface area contributed by atoms with E-state index >= 15 is 0 Å². The van der Waals surface area contributed by atoms with E-state index < -0.39 is 18.0 Å². The lowest BCUT2D eigenvalue weighted by atomic mass is 10.1. The molecule has 1 aromatic heterocycles. The highest BCUT2D eigenvalue weighted by Gasteiger charge is 2.28. The van der Waals surface area contributed by atoms with Crippen LogP contribution in [0.4, 0.5) is 13.2 Å². The fourth-order valence-corrected chi connectivity index (χ4v) is 2.90. The fourth-order valence-electron chi connectivity index (χ4n) is 2.90. The second-order valence-corrected chi connectivity index (χ2v) is 7.27. The third-order valence-electron chi connectivity index (χ3n) is 4.52. The minimum absolute atomic E-state index is 0.174. The zero-order chi connectivity index (χ0) is 23.1. The Bertz CT molecular complexity index is 897. The van der Waals surface area contributed by atoms with Gasteiger partial charge in [-0.3, -0.25) is 4.79 Å². The van der Waals surface area contributed by atoms with Crippen LogP contribution < -0.4 is 14.8 Å². The molecule has 1 aliphatic rings. The third kappa shape index (κ3) is 7.38. The maximum Gasteiger partial charge on any atom is 0.414 e. The second-order valence-electron chi connectivity index (χ2n) is 7.27. The number of carbonyl (C=O) groups is 1. The van der Waals surface area contributed by atoms with Crippen LogP contribution in [-0.4, -0.2) is 54.7 Å². The zero-order valence-corrected chi connectivity index (χ0v) is 17.6. The van der Waals surface area contributed by atoms with Gasteiger partial charge in [0.25, 0.3) is 5.91 Å². The number of amides is 1. The van der Waals surface area contributed by atoms with Gasteiger partial charge in [0.15, 0.2) is 6.61 Å². The molecule has 0 bridgehead atoms. The van der Waals surface area contributed by atoms with Crippen LogP contribution in [0.15, 0.2) is 22.6 Å². The Morgan fingerprint density at radius 1 is 1.25 bits per heavy atom. The molecule has 3 rings (SSSR count). The van der Waals surface area contributed by atoms with Gasteiger partial charge in [-0.15, -0.1) is 5.10 Å². The van der Waals surface area contributed by atoms with Gasteiger partial charge < -0.3 is 28.7 Å². The van der Waals surface area contributed by atoms with Crippen LogP contribution in [0.1, 0.15) is 37.3 Å². The molecule has 0 radical (unpaired) electrons. The number of alkyl halides is 2. The SMILES string of the molecule is Cc1ccc(OCC(=O)N[C@@H]2CC[C@@H](c3nnc(OCCOC(C)(F)F)o3)OC2)cc1F. The molecule has 2 aromatic rings. The smallest absolute Gasteiger partial charge is 0.414 e. The van der Waals surface area contributed by atoms with Gasteiger partial charge >= 0.3 is 12.2 Å². The molecule has 176 valence electrons. The van der Waals surface area contributed by atoms with Gasteiger partial charge in [-0.1, -0.05) is 11.2 Å². The van der Waals surface area contributed by atoms with Crippen LogP contribution in [-0.2, 0) is 14.3 Å². The predicted octanol–water partition coefficient (Wildman–Crippen LogP) is 2.94. The number of nitrogens with one attached hydrogen (secondary N) is 1. The van der Waals surface area contributed by atoms with Gasteiger partial charge in [-0.2, -0.15) is 8.78 Å². The number of benzene rings is 1. The number of hydrogen-bond donors (Lipinski definition) is 1. The number of carbonyl (C=O) groups excluding carboxylic acids is 1. The zero-order valence-electron chi connectivity index (χ0n) is 17.6. The molecule has 1 aliphatic heterocycles. The van der Waals surface area contributed by atoms with Crippen molar-refractivity contribution in [3.63, 3.8) is 0 Å². The van der Waals surface area contributed by atoms with Crippen LogP contribution in [0.2, 0.25) is 0 Å². The molecule has 0 spiro atoms. The van der Waals surface area contributed by atoms with Crippen molar-refractivity contribution in [3.05, 3.63) is 35.5 Å². The third-order valence-corrected chi connectivity index (χ3v) is 4.52. The summed E-state index contributed by atoms with van der Waals surface area (Å²) in [6.07, 6.45) is -2.80. The number of halogens is 3. The first-order chi connectivity index (χ1) is 15.2. The lowest BCUT2D eigenvalue weighted by Gasteiger charge is -2.27. The van der Waals surface area contributed by atoms with E-state index in [1.165, 1.54) is 6.07 Å². The summed E-state index contributed by atoms with van der Waals surface area (Å²) >= 11 is 0. The van der Waals surface area contributed by atoms with E-state index in [4.69, 9.17) is 18.6 Å². The number of aromatic nitrogens is 2. The highest BCUT2D eigenvalue weighted by molar-refractivity contribution is 5.77. The van der Waals surface area contributed by atoms with E-state index in [1.54, 1.807) is 19.1 Å². The molecule has 0 unspecified atom stereocenters. The van der Waals surface area contributed by atoms with Gasteiger partial charge in [-0.05, 0) is 31.4 Å². The van der Waals surface area contributed by atoms with Crippen LogP contribution >= 0.6 is 0 Å². The highest BCUT2D eigenvalue weighted by atomic mass is 19.3. The minimum atomic E-state index is -3.24. The van der Waals surface area contributed by atoms with Crippen molar-refractivity contribution in [2.24, 2.45) is 0 Å². The van der Waals surface area contributed by atoms with E-state index in [1.807, 2.05) is 0 Å². The lowest BCUT2D eigenvalue weighted by Crippen LogP contribution is -2.43. The van der Waals surface area contributed by atoms with Gasteiger partial charge in [0.05, 0.1) is 19.3 Å². The summed E-state index contributed by atoms with van der Waals surface area (Å²) in [4.78, 5) is 12.1. The standard InChI is InChI=1S/C20H24F3N3O6/c1-12-3-5-14(9-15(12)21)29-11-17(27)24-13-4-6-16(30-10-13)18-25-26-19(32-18)28-7-8-31-20(2,22)23/h3,5,9,13,16H,4,6-8,10-11H2,1-2H3,(H,24,27)/t13-,16+/m1/s1. The van der Waals surface area contributed by atoms with Crippen molar-refractivity contribution in [2.75, 3.05) is 26.4 Å². The van der Waals surface area contributed by atoms with Crippen LogP contribution in [0.5, 0.6) is 11.8 Å².